The van der Waals surface area contributed by atoms with Gasteiger partial charge in [0.2, 0.25) is 0 Å². The molecule has 0 spiro atoms. The first-order valence-electron chi connectivity index (χ1n) is 8.28. The maximum Gasteiger partial charge on any atom is 0.253 e. The van der Waals surface area contributed by atoms with E-state index >= 15 is 0 Å². The van der Waals surface area contributed by atoms with Crippen LogP contribution in [0.25, 0.3) is 0 Å². The van der Waals surface area contributed by atoms with Crippen molar-refractivity contribution >= 4 is 5.91 Å². The lowest BCUT2D eigenvalue weighted by molar-refractivity contribution is -0.172. The number of amides is 1. The lowest BCUT2D eigenvalue weighted by Crippen LogP contribution is -2.74. The molecule has 128 valence electrons. The van der Waals surface area contributed by atoms with Gasteiger partial charge in [0, 0.05) is 30.3 Å². The summed E-state index contributed by atoms with van der Waals surface area (Å²) in [6, 6.07) is 3.66. The minimum Gasteiger partial charge on any atom is -0.394 e. The number of nitrogens with one attached hydrogen (secondary N) is 1. The summed E-state index contributed by atoms with van der Waals surface area (Å²) in [7, 11) is 0. The Hall–Kier alpha value is -1.46. The number of aromatic nitrogens is 1. The van der Waals surface area contributed by atoms with Crippen molar-refractivity contribution in [3.8, 4) is 0 Å². The van der Waals surface area contributed by atoms with Crippen molar-refractivity contribution in [3.05, 3.63) is 29.6 Å². The first-order chi connectivity index (χ1) is 10.8. The summed E-state index contributed by atoms with van der Waals surface area (Å²) in [5.74, 6) is 0.123. The average Bonchev–Trinajstić information content (AvgIpc) is 2.53. The van der Waals surface area contributed by atoms with Crippen LogP contribution in [0.15, 0.2) is 18.3 Å². The summed E-state index contributed by atoms with van der Waals surface area (Å²) in [4.78, 5) is 16.9. The van der Waals surface area contributed by atoms with Gasteiger partial charge >= 0.3 is 0 Å². The fourth-order valence-corrected chi connectivity index (χ4v) is 3.17. The molecule has 1 aliphatic rings. The minimum atomic E-state index is -0.652. The van der Waals surface area contributed by atoms with Gasteiger partial charge in [0.1, 0.15) is 0 Å². The van der Waals surface area contributed by atoms with Gasteiger partial charge in [0.05, 0.1) is 23.8 Å². The van der Waals surface area contributed by atoms with Crippen molar-refractivity contribution in [2.24, 2.45) is 5.41 Å². The Labute approximate surface area is 138 Å². The lowest BCUT2D eigenvalue weighted by Gasteiger charge is -2.60. The minimum absolute atomic E-state index is 0.0430. The molecule has 0 radical (unpaired) electrons. The number of hydrogen-bond donors (Lipinski definition) is 2. The highest BCUT2D eigenvalue weighted by atomic mass is 16.5. The summed E-state index contributed by atoms with van der Waals surface area (Å²) >= 11 is 0. The Kier molecular flexibility index (Phi) is 5.11. The SMILES string of the molecule is CCOC1CC(CO)(NC(=O)c2ccc(C(C)C)nc2)C1(C)C. The van der Waals surface area contributed by atoms with Crippen molar-refractivity contribution < 1.29 is 14.6 Å². The molecule has 1 heterocycles. The van der Waals surface area contributed by atoms with E-state index < -0.39 is 5.54 Å². The Morgan fingerprint density at radius 1 is 1.48 bits per heavy atom. The van der Waals surface area contributed by atoms with Crippen LogP contribution in [0.2, 0.25) is 0 Å². The Bertz CT molecular complexity index is 554. The van der Waals surface area contributed by atoms with Gasteiger partial charge in [-0.3, -0.25) is 9.78 Å². The molecule has 1 aliphatic carbocycles. The molecule has 5 heteroatoms. The Morgan fingerprint density at radius 3 is 2.61 bits per heavy atom. The highest BCUT2D eigenvalue weighted by molar-refractivity contribution is 5.94. The first kappa shape index (κ1) is 17.9. The molecule has 2 unspecified atom stereocenters. The van der Waals surface area contributed by atoms with Crippen LogP contribution in [0, 0.1) is 5.41 Å². The van der Waals surface area contributed by atoms with E-state index in [4.69, 9.17) is 4.74 Å². The number of pyridine rings is 1. The van der Waals surface area contributed by atoms with Crippen molar-refractivity contribution in [2.45, 2.75) is 58.6 Å². The Balaban J connectivity index is 2.12. The molecule has 0 bridgehead atoms. The molecule has 0 aromatic carbocycles. The van der Waals surface area contributed by atoms with Crippen LogP contribution in [0.1, 0.15) is 63.0 Å². The van der Waals surface area contributed by atoms with Crippen LogP contribution < -0.4 is 5.32 Å². The van der Waals surface area contributed by atoms with E-state index in [9.17, 15) is 9.90 Å². The molecule has 1 fully saturated rings. The number of carbonyl (C=O) groups is 1. The molecule has 1 aromatic rings. The van der Waals surface area contributed by atoms with E-state index in [-0.39, 0.29) is 24.0 Å². The molecule has 1 aromatic heterocycles. The van der Waals surface area contributed by atoms with Crippen LogP contribution in [-0.2, 0) is 4.74 Å². The van der Waals surface area contributed by atoms with Crippen LogP contribution in [-0.4, -0.2) is 40.9 Å². The van der Waals surface area contributed by atoms with Crippen LogP contribution in [0.4, 0.5) is 0 Å². The Morgan fingerprint density at radius 2 is 2.17 bits per heavy atom. The number of aliphatic hydroxyl groups is 1. The van der Waals surface area contributed by atoms with Crippen LogP contribution >= 0.6 is 0 Å². The number of aliphatic hydroxyl groups excluding tert-OH is 1. The van der Waals surface area contributed by atoms with E-state index in [2.05, 4.69) is 24.1 Å². The summed E-state index contributed by atoms with van der Waals surface area (Å²) in [5.41, 5.74) is 0.496. The maximum absolute atomic E-state index is 12.5. The second kappa shape index (κ2) is 6.57. The van der Waals surface area contributed by atoms with E-state index in [0.717, 1.165) is 5.69 Å². The van der Waals surface area contributed by atoms with Gasteiger partial charge in [0.25, 0.3) is 5.91 Å². The fourth-order valence-electron chi connectivity index (χ4n) is 3.17. The maximum atomic E-state index is 12.5. The summed E-state index contributed by atoms with van der Waals surface area (Å²) in [5, 5.41) is 12.9. The largest absolute Gasteiger partial charge is 0.394 e. The van der Waals surface area contributed by atoms with E-state index in [0.29, 0.717) is 24.5 Å². The fraction of sp³-hybridized carbons (Fsp3) is 0.667. The molecule has 1 saturated carbocycles. The lowest BCUT2D eigenvalue weighted by atomic mass is 9.54. The molecule has 0 aliphatic heterocycles. The number of hydrogen-bond acceptors (Lipinski definition) is 4. The third kappa shape index (κ3) is 3.12. The summed E-state index contributed by atoms with van der Waals surface area (Å²) in [6.45, 7) is 10.6. The van der Waals surface area contributed by atoms with Gasteiger partial charge in [0.15, 0.2) is 0 Å². The zero-order chi connectivity index (χ0) is 17.3. The molecule has 2 rings (SSSR count). The van der Waals surface area contributed by atoms with E-state index in [1.54, 1.807) is 12.3 Å². The van der Waals surface area contributed by atoms with Crippen molar-refractivity contribution in [1.82, 2.24) is 10.3 Å². The molecular weight excluding hydrogens is 292 g/mol. The number of ether oxygens (including phenoxy) is 1. The smallest absolute Gasteiger partial charge is 0.253 e. The van der Waals surface area contributed by atoms with Crippen LogP contribution in [0.3, 0.4) is 0 Å². The molecule has 5 nitrogen and oxygen atoms in total. The third-order valence-corrected chi connectivity index (χ3v) is 5.20. The predicted octanol–water partition coefficient (Wildman–Crippen LogP) is 2.50. The van der Waals surface area contributed by atoms with Gasteiger partial charge in [-0.05, 0) is 25.0 Å². The van der Waals surface area contributed by atoms with Crippen molar-refractivity contribution in [3.63, 3.8) is 0 Å². The van der Waals surface area contributed by atoms with Gasteiger partial charge in [-0.2, -0.15) is 0 Å². The predicted molar refractivity (Wildman–Crippen MR) is 89.4 cm³/mol. The quantitative estimate of drug-likeness (QED) is 0.845. The molecule has 0 saturated heterocycles. The standard InChI is InChI=1S/C18H28N2O3/c1-6-23-15-9-18(11-21,17(15,4)5)20-16(22)13-7-8-14(12(2)3)19-10-13/h7-8,10,12,15,21H,6,9,11H2,1-5H3,(H,20,22). The molecule has 2 N–H and O–H groups in total. The first-order valence-corrected chi connectivity index (χ1v) is 8.28. The summed E-state index contributed by atoms with van der Waals surface area (Å²) < 4.78 is 5.70. The third-order valence-electron chi connectivity index (χ3n) is 5.20. The molecular formula is C18H28N2O3. The van der Waals surface area contributed by atoms with Gasteiger partial charge in [-0.25, -0.2) is 0 Å². The van der Waals surface area contributed by atoms with Gasteiger partial charge in [-0.15, -0.1) is 0 Å². The second-order valence-electron chi connectivity index (χ2n) is 7.19. The summed E-state index contributed by atoms with van der Waals surface area (Å²) in [6.07, 6.45) is 2.26. The monoisotopic (exact) mass is 320 g/mol. The van der Waals surface area contributed by atoms with Crippen molar-refractivity contribution in [1.29, 1.82) is 0 Å². The number of rotatable bonds is 6. The zero-order valence-corrected chi connectivity index (χ0v) is 14.7. The van der Waals surface area contributed by atoms with Gasteiger partial charge in [-0.1, -0.05) is 27.7 Å². The normalized spacial score (nSPS) is 26.0. The van der Waals surface area contributed by atoms with Crippen molar-refractivity contribution in [2.75, 3.05) is 13.2 Å². The van der Waals surface area contributed by atoms with Crippen LogP contribution in [0.5, 0.6) is 0 Å². The average molecular weight is 320 g/mol. The molecule has 2 atom stereocenters. The number of nitrogens with zero attached hydrogens (tertiary/aromatic N) is 1. The van der Waals surface area contributed by atoms with Gasteiger partial charge < -0.3 is 15.2 Å². The van der Waals surface area contributed by atoms with E-state index in [1.807, 2.05) is 26.8 Å². The van der Waals surface area contributed by atoms with E-state index in [1.165, 1.54) is 0 Å². The highest BCUT2D eigenvalue weighted by Gasteiger charge is 2.61. The molecule has 23 heavy (non-hydrogen) atoms. The highest BCUT2D eigenvalue weighted by Crippen LogP contribution is 2.51. The molecule has 1 amide bonds. The number of carbonyl (C=O) groups excluding carboxylic acids is 1. The zero-order valence-electron chi connectivity index (χ0n) is 14.7. The second-order valence-corrected chi connectivity index (χ2v) is 7.19. The topological polar surface area (TPSA) is 71.5 Å².